The quantitative estimate of drug-likeness (QED) is 0.375. The van der Waals surface area contributed by atoms with E-state index in [2.05, 4.69) is 74.5 Å². The predicted octanol–water partition coefficient (Wildman–Crippen LogP) is 5.49. The number of hydrogen-bond acceptors (Lipinski definition) is 5. The summed E-state index contributed by atoms with van der Waals surface area (Å²) >= 11 is 0. The van der Waals surface area contributed by atoms with E-state index in [0.29, 0.717) is 5.65 Å². The number of H-pyrrole nitrogens is 2. The highest BCUT2D eigenvalue weighted by Crippen LogP contribution is 2.34. The van der Waals surface area contributed by atoms with Crippen LogP contribution in [0.15, 0.2) is 78.0 Å². The van der Waals surface area contributed by atoms with E-state index in [1.165, 1.54) is 0 Å². The van der Waals surface area contributed by atoms with Gasteiger partial charge in [-0.3, -0.25) is 10.1 Å². The molecule has 0 amide bonds. The first kappa shape index (κ1) is 19.5. The van der Waals surface area contributed by atoms with Gasteiger partial charge in [0.2, 0.25) is 0 Å². The lowest BCUT2D eigenvalue weighted by Gasteiger charge is -2.10. The first-order valence-electron chi connectivity index (χ1n) is 10.7. The molecule has 7 heteroatoms. The normalized spacial score (nSPS) is 11.7. The second-order valence-electron chi connectivity index (χ2n) is 8.48. The van der Waals surface area contributed by atoms with Crippen LogP contribution >= 0.6 is 0 Å². The Morgan fingerprint density at radius 2 is 1.85 bits per heavy atom. The topological polar surface area (TPSA) is 86.6 Å². The van der Waals surface area contributed by atoms with Crippen molar-refractivity contribution in [3.63, 3.8) is 0 Å². The highest BCUT2D eigenvalue weighted by atomic mass is 16.3. The summed E-state index contributed by atoms with van der Waals surface area (Å²) in [5.41, 5.74) is 8.98. The molecule has 2 N–H and O–H groups in total. The van der Waals surface area contributed by atoms with Crippen molar-refractivity contribution in [2.45, 2.75) is 6.54 Å². The van der Waals surface area contributed by atoms with Gasteiger partial charge in [0.1, 0.15) is 0 Å². The number of pyridine rings is 2. The molecule has 6 rings (SSSR count). The van der Waals surface area contributed by atoms with Crippen LogP contribution in [0.5, 0.6) is 0 Å². The lowest BCUT2D eigenvalue weighted by Crippen LogP contribution is -2.10. The van der Waals surface area contributed by atoms with Gasteiger partial charge in [-0.25, -0.2) is 4.98 Å². The number of furan rings is 1. The van der Waals surface area contributed by atoms with Crippen molar-refractivity contribution in [2.75, 3.05) is 14.1 Å². The average Bonchev–Trinajstić information content (AvgIpc) is 3.57. The molecule has 0 aliphatic heterocycles. The molecule has 1 aromatic carbocycles. The standard InChI is InChI=1S/C26H22N6O/c1-32(2)14-16-8-18(12-27-11-16)19-9-22-25(30-31-26(22)28-13-19)24-10-21-20(17-6-7-33-15-17)4-3-5-23(21)29-24/h3-13,15,29H,14H2,1-2H3,(H,28,30,31). The van der Waals surface area contributed by atoms with Crippen LogP contribution < -0.4 is 0 Å². The molecule has 7 nitrogen and oxygen atoms in total. The van der Waals surface area contributed by atoms with E-state index in [0.717, 1.165) is 62.0 Å². The smallest absolute Gasteiger partial charge is 0.181 e. The summed E-state index contributed by atoms with van der Waals surface area (Å²) in [4.78, 5) is 14.7. The maximum absolute atomic E-state index is 5.30. The fourth-order valence-electron chi connectivity index (χ4n) is 4.32. The maximum Gasteiger partial charge on any atom is 0.181 e. The Kier molecular flexibility index (Phi) is 4.55. The Bertz CT molecular complexity index is 1580. The van der Waals surface area contributed by atoms with Crippen LogP contribution in [0.3, 0.4) is 0 Å². The largest absolute Gasteiger partial charge is 0.472 e. The van der Waals surface area contributed by atoms with Gasteiger partial charge in [-0.15, -0.1) is 0 Å². The van der Waals surface area contributed by atoms with Gasteiger partial charge >= 0.3 is 0 Å². The number of aromatic amines is 2. The summed E-state index contributed by atoms with van der Waals surface area (Å²) in [7, 11) is 4.10. The Balaban J connectivity index is 1.45. The summed E-state index contributed by atoms with van der Waals surface area (Å²) in [6.45, 7) is 0.835. The second-order valence-corrected chi connectivity index (χ2v) is 8.48. The van der Waals surface area contributed by atoms with E-state index >= 15 is 0 Å². The minimum atomic E-state index is 0.680. The SMILES string of the molecule is CN(C)Cc1cncc(-c2cnc3n[nH]c(-c4cc5c(-c6ccoc6)cccc5[nH]4)c3c2)c1. The number of nitrogens with zero attached hydrogens (tertiary/aromatic N) is 4. The van der Waals surface area contributed by atoms with E-state index in [1.54, 1.807) is 12.5 Å². The minimum absolute atomic E-state index is 0.680. The number of rotatable bonds is 5. The number of benzene rings is 1. The molecule has 5 heterocycles. The Morgan fingerprint density at radius 3 is 2.70 bits per heavy atom. The van der Waals surface area contributed by atoms with Crippen LogP contribution in [0.2, 0.25) is 0 Å². The number of aromatic nitrogens is 5. The third kappa shape index (κ3) is 3.48. The van der Waals surface area contributed by atoms with Crippen LogP contribution in [0.4, 0.5) is 0 Å². The molecule has 33 heavy (non-hydrogen) atoms. The predicted molar refractivity (Wildman–Crippen MR) is 130 cm³/mol. The highest BCUT2D eigenvalue weighted by Gasteiger charge is 2.15. The number of nitrogens with one attached hydrogen (secondary N) is 2. The first-order valence-corrected chi connectivity index (χ1v) is 10.7. The zero-order chi connectivity index (χ0) is 22.4. The van der Waals surface area contributed by atoms with Gasteiger partial charge in [0.05, 0.1) is 23.9 Å². The van der Waals surface area contributed by atoms with Crippen molar-refractivity contribution in [3.05, 3.63) is 79.1 Å². The monoisotopic (exact) mass is 434 g/mol. The molecule has 162 valence electrons. The van der Waals surface area contributed by atoms with Crippen LogP contribution in [0.25, 0.3) is 55.6 Å². The fourth-order valence-corrected chi connectivity index (χ4v) is 4.32. The molecule has 0 saturated carbocycles. The van der Waals surface area contributed by atoms with E-state index < -0.39 is 0 Å². The summed E-state index contributed by atoms with van der Waals surface area (Å²) in [6.07, 6.45) is 9.09. The Morgan fingerprint density at radius 1 is 0.939 bits per heavy atom. The van der Waals surface area contributed by atoms with Gasteiger partial charge in [0.15, 0.2) is 5.65 Å². The molecule has 5 aromatic heterocycles. The van der Waals surface area contributed by atoms with E-state index in [9.17, 15) is 0 Å². The van der Waals surface area contributed by atoms with Crippen molar-refractivity contribution >= 4 is 21.9 Å². The zero-order valence-corrected chi connectivity index (χ0v) is 18.3. The van der Waals surface area contributed by atoms with Crippen molar-refractivity contribution in [3.8, 4) is 33.6 Å². The van der Waals surface area contributed by atoms with Crippen molar-refractivity contribution in [1.29, 1.82) is 0 Å². The third-order valence-electron chi connectivity index (χ3n) is 5.80. The number of fused-ring (bicyclic) bond motifs is 2. The zero-order valence-electron chi connectivity index (χ0n) is 18.3. The fraction of sp³-hybridized carbons (Fsp3) is 0.115. The molecule has 0 spiro atoms. The summed E-state index contributed by atoms with van der Waals surface area (Å²) < 4.78 is 5.30. The third-order valence-corrected chi connectivity index (χ3v) is 5.80. The molecule has 0 aliphatic carbocycles. The van der Waals surface area contributed by atoms with Crippen LogP contribution in [-0.4, -0.2) is 44.1 Å². The van der Waals surface area contributed by atoms with Gasteiger partial charge in [0, 0.05) is 58.1 Å². The molecule has 0 radical (unpaired) electrons. The molecule has 0 saturated heterocycles. The van der Waals surface area contributed by atoms with Crippen LogP contribution in [-0.2, 0) is 6.54 Å². The van der Waals surface area contributed by atoms with Gasteiger partial charge < -0.3 is 14.3 Å². The molecule has 0 atom stereocenters. The highest BCUT2D eigenvalue weighted by molar-refractivity contribution is 6.01. The van der Waals surface area contributed by atoms with Crippen LogP contribution in [0, 0.1) is 0 Å². The molecule has 0 unspecified atom stereocenters. The molecule has 6 aromatic rings. The molecule has 0 bridgehead atoms. The van der Waals surface area contributed by atoms with E-state index in [1.807, 2.05) is 30.7 Å². The maximum atomic E-state index is 5.30. The van der Waals surface area contributed by atoms with Crippen molar-refractivity contribution in [1.82, 2.24) is 30.0 Å². The van der Waals surface area contributed by atoms with Gasteiger partial charge in [-0.1, -0.05) is 12.1 Å². The molecule has 0 fully saturated rings. The van der Waals surface area contributed by atoms with Crippen molar-refractivity contribution in [2.24, 2.45) is 0 Å². The first-order chi connectivity index (χ1) is 16.2. The second kappa shape index (κ2) is 7.72. The van der Waals surface area contributed by atoms with Crippen LogP contribution in [0.1, 0.15) is 5.56 Å². The molecule has 0 aliphatic rings. The lowest BCUT2D eigenvalue weighted by molar-refractivity contribution is 0.402. The minimum Gasteiger partial charge on any atom is -0.472 e. The number of hydrogen-bond donors (Lipinski definition) is 2. The van der Waals surface area contributed by atoms with E-state index in [-0.39, 0.29) is 0 Å². The molecular formula is C26H22N6O. The molecular weight excluding hydrogens is 412 g/mol. The van der Waals surface area contributed by atoms with E-state index in [4.69, 9.17) is 4.42 Å². The summed E-state index contributed by atoms with van der Waals surface area (Å²) in [5.74, 6) is 0. The Labute approximate surface area is 190 Å². The lowest BCUT2D eigenvalue weighted by atomic mass is 10.0. The van der Waals surface area contributed by atoms with Gasteiger partial charge in [-0.2, -0.15) is 5.10 Å². The average molecular weight is 435 g/mol. The van der Waals surface area contributed by atoms with Gasteiger partial charge in [0.25, 0.3) is 0 Å². The van der Waals surface area contributed by atoms with Gasteiger partial charge in [-0.05, 0) is 55.6 Å². The van der Waals surface area contributed by atoms with Crippen molar-refractivity contribution < 1.29 is 4.42 Å². The Hall–Kier alpha value is -4.23. The summed E-state index contributed by atoms with van der Waals surface area (Å²) in [5, 5.41) is 9.70. The summed E-state index contributed by atoms with van der Waals surface area (Å²) in [6, 6.07) is 14.6.